The molecule has 0 fully saturated rings. The van der Waals surface area contributed by atoms with E-state index in [-0.39, 0.29) is 12.1 Å². The van der Waals surface area contributed by atoms with Gasteiger partial charge in [0.25, 0.3) is 5.91 Å². The van der Waals surface area contributed by atoms with Crippen molar-refractivity contribution in [2.45, 2.75) is 13.5 Å². The highest BCUT2D eigenvalue weighted by molar-refractivity contribution is 5.83. The lowest BCUT2D eigenvalue weighted by molar-refractivity contribution is -0.394. The monoisotopic (exact) mass is 310 g/mol. The fraction of sp³-hybridized carbons (Fsp3) is 0.300. The van der Waals surface area contributed by atoms with Gasteiger partial charge in [-0.05, 0) is 11.8 Å². The van der Waals surface area contributed by atoms with Crippen LogP contribution in [0, 0.1) is 23.0 Å². The molecule has 0 radical (unpaired) electrons. The number of hydrogen-bond donors (Lipinski definition) is 1. The van der Waals surface area contributed by atoms with Gasteiger partial charge in [0, 0.05) is 12.1 Å². The maximum Gasteiger partial charge on any atom is 0.490 e. The molecule has 0 aromatic carbocycles. The van der Waals surface area contributed by atoms with Crippen LogP contribution in [0.1, 0.15) is 11.3 Å². The number of carbonyl (C=O) groups is 1. The van der Waals surface area contributed by atoms with Crippen molar-refractivity contribution in [3.63, 3.8) is 0 Å². The summed E-state index contributed by atoms with van der Waals surface area (Å²) in [5.74, 6) is -1.79. The van der Waals surface area contributed by atoms with Crippen LogP contribution in [0.15, 0.2) is 11.4 Å². The molecule has 0 aliphatic rings. The number of nitrogens with one attached hydrogen (secondary N) is 1. The van der Waals surface area contributed by atoms with Crippen LogP contribution in [-0.4, -0.2) is 41.6 Å². The number of halogens is 1. The first-order valence-corrected chi connectivity index (χ1v) is 5.93. The van der Waals surface area contributed by atoms with Gasteiger partial charge in [-0.3, -0.25) is 4.79 Å². The summed E-state index contributed by atoms with van der Waals surface area (Å²) in [4.78, 5) is 24.6. The molecule has 2 aromatic heterocycles. The van der Waals surface area contributed by atoms with Crippen LogP contribution in [0.5, 0.6) is 0 Å². The summed E-state index contributed by atoms with van der Waals surface area (Å²) in [5, 5.41) is 21.3. The fourth-order valence-electron chi connectivity index (χ4n) is 1.59. The molecule has 0 aliphatic heterocycles. The molecule has 2 heterocycles. The Morgan fingerprint density at radius 3 is 2.86 bits per heavy atom. The van der Waals surface area contributed by atoms with Crippen LogP contribution < -0.4 is 5.43 Å². The number of nitro groups is 1. The first kappa shape index (κ1) is 15.2. The third-order valence-electron chi connectivity index (χ3n) is 2.57. The molecule has 0 spiro atoms. The number of aryl methyl sites for hydroxylation is 2. The number of nitrogens with zero attached hydrogens (tertiary/aromatic N) is 7. The maximum absolute atomic E-state index is 13.6. The van der Waals surface area contributed by atoms with Crippen LogP contribution >= 0.6 is 0 Å². The average Bonchev–Trinajstić information content (AvgIpc) is 2.99. The summed E-state index contributed by atoms with van der Waals surface area (Å²) in [7, 11) is 1.44. The highest BCUT2D eigenvalue weighted by Crippen LogP contribution is 2.07. The van der Waals surface area contributed by atoms with Crippen molar-refractivity contribution in [1.82, 2.24) is 30.0 Å². The first-order chi connectivity index (χ1) is 10.4. The highest BCUT2D eigenvalue weighted by atomic mass is 19.1. The van der Waals surface area contributed by atoms with Crippen molar-refractivity contribution in [1.29, 1.82) is 0 Å². The predicted molar refractivity (Wildman–Crippen MR) is 70.3 cm³/mol. The van der Waals surface area contributed by atoms with Crippen molar-refractivity contribution in [3.8, 4) is 0 Å². The molecule has 12 heteroatoms. The summed E-state index contributed by atoms with van der Waals surface area (Å²) in [6.07, 6.45) is 2.17. The molecule has 22 heavy (non-hydrogen) atoms. The van der Waals surface area contributed by atoms with Gasteiger partial charge in [0.05, 0.1) is 17.5 Å². The van der Waals surface area contributed by atoms with E-state index < -0.39 is 22.7 Å². The quantitative estimate of drug-likeness (QED) is 0.450. The van der Waals surface area contributed by atoms with E-state index in [1.54, 1.807) is 6.92 Å². The number of rotatable bonds is 5. The lowest BCUT2D eigenvalue weighted by Crippen LogP contribution is -2.23. The second kappa shape index (κ2) is 6.07. The molecular weight excluding hydrogens is 299 g/mol. The molecule has 0 unspecified atom stereocenters. The van der Waals surface area contributed by atoms with Crippen LogP contribution in [0.4, 0.5) is 10.3 Å². The van der Waals surface area contributed by atoms with Gasteiger partial charge in [-0.25, -0.2) is 10.1 Å². The van der Waals surface area contributed by atoms with E-state index in [0.717, 1.165) is 21.9 Å². The normalized spacial score (nSPS) is 11.0. The van der Waals surface area contributed by atoms with Gasteiger partial charge in [-0.2, -0.15) is 19.3 Å². The number of hydrogen-bond acceptors (Lipinski definition) is 7. The minimum Gasteiger partial charge on any atom is -0.390 e. The molecule has 2 rings (SSSR count). The van der Waals surface area contributed by atoms with Gasteiger partial charge in [0.15, 0.2) is 0 Å². The number of hydrazone groups is 1. The lowest BCUT2D eigenvalue weighted by atomic mass is 10.3. The molecule has 116 valence electrons. The number of aromatic nitrogens is 5. The topological polar surface area (TPSA) is 133 Å². The summed E-state index contributed by atoms with van der Waals surface area (Å²) in [6.45, 7) is 1.29. The molecule has 0 saturated heterocycles. The summed E-state index contributed by atoms with van der Waals surface area (Å²) in [6, 6.07) is 0. The zero-order chi connectivity index (χ0) is 16.3. The zero-order valence-corrected chi connectivity index (χ0v) is 11.6. The average molecular weight is 310 g/mol. The maximum atomic E-state index is 13.6. The van der Waals surface area contributed by atoms with Crippen molar-refractivity contribution >= 4 is 18.1 Å². The smallest absolute Gasteiger partial charge is 0.390 e. The Balaban J connectivity index is 1.94. The third kappa shape index (κ3) is 3.28. The Hall–Kier alpha value is -3.18. The van der Waals surface area contributed by atoms with E-state index >= 15 is 0 Å². The van der Waals surface area contributed by atoms with Crippen molar-refractivity contribution in [2.24, 2.45) is 12.1 Å². The standard InChI is InChI=1S/C10H11FN8O3/c1-6-7(9(11)17(2)15-6)3-13-14-8(20)4-18-5-12-10(16-18)19(21)22/h3,5H,4H2,1-2H3,(H,14,20)/b13-3-. The molecular formula is C10H11FN8O3. The molecule has 1 amide bonds. The second-order valence-electron chi connectivity index (χ2n) is 4.21. The minimum atomic E-state index is -0.777. The molecule has 0 atom stereocenters. The first-order valence-electron chi connectivity index (χ1n) is 5.93. The fourth-order valence-corrected chi connectivity index (χ4v) is 1.59. The van der Waals surface area contributed by atoms with Gasteiger partial charge < -0.3 is 10.1 Å². The van der Waals surface area contributed by atoms with Crippen molar-refractivity contribution in [3.05, 3.63) is 33.6 Å². The molecule has 2 aromatic rings. The molecule has 0 saturated carbocycles. The van der Waals surface area contributed by atoms with Gasteiger partial charge in [0.2, 0.25) is 12.3 Å². The van der Waals surface area contributed by atoms with Gasteiger partial charge in [0.1, 0.15) is 6.54 Å². The van der Waals surface area contributed by atoms with Gasteiger partial charge >= 0.3 is 5.95 Å². The van der Waals surface area contributed by atoms with Gasteiger partial charge in [-0.1, -0.05) is 4.98 Å². The lowest BCUT2D eigenvalue weighted by Gasteiger charge is -1.96. The van der Waals surface area contributed by atoms with Crippen LogP contribution in [0.2, 0.25) is 0 Å². The number of carbonyl (C=O) groups excluding carboxylic acids is 1. The Morgan fingerprint density at radius 1 is 1.59 bits per heavy atom. The highest BCUT2D eigenvalue weighted by Gasteiger charge is 2.15. The van der Waals surface area contributed by atoms with E-state index in [9.17, 15) is 19.3 Å². The molecule has 0 aliphatic carbocycles. The van der Waals surface area contributed by atoms with E-state index in [4.69, 9.17) is 0 Å². The van der Waals surface area contributed by atoms with E-state index in [2.05, 4.69) is 25.7 Å². The van der Waals surface area contributed by atoms with Crippen molar-refractivity contribution < 1.29 is 14.1 Å². The van der Waals surface area contributed by atoms with Crippen LogP contribution in [0.3, 0.4) is 0 Å². The van der Waals surface area contributed by atoms with E-state index in [0.29, 0.717) is 5.69 Å². The number of amides is 1. The Bertz CT molecular complexity index is 749. The van der Waals surface area contributed by atoms with Gasteiger partial charge in [-0.15, -0.1) is 0 Å². The van der Waals surface area contributed by atoms with Crippen LogP contribution in [0.25, 0.3) is 0 Å². The zero-order valence-electron chi connectivity index (χ0n) is 11.6. The Labute approximate surface area is 122 Å². The molecule has 0 bridgehead atoms. The molecule has 1 N–H and O–H groups in total. The van der Waals surface area contributed by atoms with Crippen molar-refractivity contribution in [2.75, 3.05) is 0 Å². The summed E-state index contributed by atoms with van der Waals surface area (Å²) in [5.41, 5.74) is 2.72. The van der Waals surface area contributed by atoms with E-state index in [1.807, 2.05) is 0 Å². The van der Waals surface area contributed by atoms with E-state index in [1.165, 1.54) is 7.05 Å². The summed E-state index contributed by atoms with van der Waals surface area (Å²) < 4.78 is 15.6. The SMILES string of the molecule is Cc1nn(C)c(F)c1/C=N\NC(=O)Cn1cnc([N+](=O)[O-])n1. The van der Waals surface area contributed by atoms with Crippen LogP contribution in [-0.2, 0) is 18.4 Å². The third-order valence-corrected chi connectivity index (χ3v) is 2.57. The Kier molecular flexibility index (Phi) is 4.20. The predicted octanol–water partition coefficient (Wildman–Crippen LogP) is -0.482. The largest absolute Gasteiger partial charge is 0.490 e. The second-order valence-corrected chi connectivity index (χ2v) is 4.21. The molecule has 11 nitrogen and oxygen atoms in total. The summed E-state index contributed by atoms with van der Waals surface area (Å²) >= 11 is 0. The Morgan fingerprint density at radius 2 is 2.32 bits per heavy atom. The minimum absolute atomic E-state index is 0.152.